The lowest BCUT2D eigenvalue weighted by atomic mass is 10.5. The third-order valence-electron chi connectivity index (χ3n) is 1.32. The molecule has 0 aliphatic heterocycles. The quantitative estimate of drug-likeness (QED) is 0.299. The number of hydrogen-bond acceptors (Lipinski definition) is 3. The molecule has 6 heteroatoms. The topological polar surface area (TPSA) is 96.2 Å². The Kier molecular flexibility index (Phi) is 7.16. The van der Waals surface area contributed by atoms with Gasteiger partial charge in [0.1, 0.15) is 0 Å². The van der Waals surface area contributed by atoms with Crippen LogP contribution in [0.25, 0.3) is 0 Å². The van der Waals surface area contributed by atoms with Crippen molar-refractivity contribution in [3.8, 4) is 0 Å². The highest BCUT2D eigenvalue weighted by Crippen LogP contribution is 1.66. The Morgan fingerprint density at radius 3 is 2.50 bits per heavy atom. The van der Waals surface area contributed by atoms with Crippen molar-refractivity contribution in [1.82, 2.24) is 16.0 Å². The van der Waals surface area contributed by atoms with Gasteiger partial charge in [-0.3, -0.25) is 4.79 Å². The van der Waals surface area contributed by atoms with E-state index >= 15 is 0 Å². The summed E-state index contributed by atoms with van der Waals surface area (Å²) >= 11 is 0. The maximum atomic E-state index is 11.0. The van der Waals surface area contributed by atoms with Crippen LogP contribution in [-0.4, -0.2) is 38.1 Å². The Morgan fingerprint density at radius 1 is 1.29 bits per heavy atom. The molecule has 0 aromatic heterocycles. The molecule has 0 radical (unpaired) electrons. The molecule has 5 N–H and O–H groups in total. The third kappa shape index (κ3) is 8.54. The minimum Gasteiger partial charge on any atom is -0.353 e. The average Bonchev–Trinajstić information content (AvgIpc) is 2.13. The molecule has 0 unspecified atom stereocenters. The first-order valence-corrected chi connectivity index (χ1v) is 4.28. The molecule has 14 heavy (non-hydrogen) atoms. The molecule has 0 saturated heterocycles. The van der Waals surface area contributed by atoms with E-state index in [0.29, 0.717) is 19.6 Å². The van der Waals surface area contributed by atoms with E-state index in [1.54, 1.807) is 6.08 Å². The van der Waals surface area contributed by atoms with Gasteiger partial charge in [-0.05, 0) is 0 Å². The molecule has 0 aliphatic carbocycles. The van der Waals surface area contributed by atoms with Gasteiger partial charge in [0.2, 0.25) is 5.91 Å². The zero-order valence-corrected chi connectivity index (χ0v) is 8.01. The highest BCUT2D eigenvalue weighted by atomic mass is 16.2. The van der Waals surface area contributed by atoms with Gasteiger partial charge >= 0.3 is 6.03 Å². The van der Waals surface area contributed by atoms with E-state index in [1.165, 1.54) is 0 Å². The molecule has 3 amide bonds. The normalized spacial score (nSPS) is 9.14. The van der Waals surface area contributed by atoms with E-state index in [0.717, 1.165) is 0 Å². The van der Waals surface area contributed by atoms with Gasteiger partial charge in [-0.1, -0.05) is 6.08 Å². The van der Waals surface area contributed by atoms with Crippen LogP contribution in [0.15, 0.2) is 12.7 Å². The summed E-state index contributed by atoms with van der Waals surface area (Å²) in [5.74, 6) is -0.127. The first-order valence-electron chi connectivity index (χ1n) is 4.28. The third-order valence-corrected chi connectivity index (χ3v) is 1.32. The summed E-state index contributed by atoms with van der Waals surface area (Å²) in [6.07, 6.45) is 1.67. The molecule has 0 atom stereocenters. The van der Waals surface area contributed by atoms with E-state index in [1.807, 2.05) is 0 Å². The summed E-state index contributed by atoms with van der Waals surface area (Å²) < 4.78 is 0. The number of nitrogens with two attached hydrogens (primary N) is 1. The number of carbonyl (C=O) groups is 2. The highest BCUT2D eigenvalue weighted by molar-refractivity contribution is 5.78. The van der Waals surface area contributed by atoms with Crippen LogP contribution < -0.4 is 21.7 Å². The first-order chi connectivity index (χ1) is 6.66. The molecule has 0 aromatic rings. The van der Waals surface area contributed by atoms with Crippen LogP contribution >= 0.6 is 0 Å². The molecule has 0 bridgehead atoms. The Balaban J connectivity index is 3.26. The van der Waals surface area contributed by atoms with Crippen LogP contribution in [0.2, 0.25) is 0 Å². The van der Waals surface area contributed by atoms with Gasteiger partial charge in [0.25, 0.3) is 0 Å². The molecule has 6 nitrogen and oxygen atoms in total. The zero-order valence-electron chi connectivity index (χ0n) is 8.01. The SMILES string of the molecule is C=CCNCC(=O)NCCNC(N)=O. The van der Waals surface area contributed by atoms with Crippen molar-refractivity contribution in [3.63, 3.8) is 0 Å². The van der Waals surface area contributed by atoms with Crippen LogP contribution in [-0.2, 0) is 4.79 Å². The van der Waals surface area contributed by atoms with E-state index in [2.05, 4.69) is 22.5 Å². The van der Waals surface area contributed by atoms with Gasteiger partial charge in [-0.25, -0.2) is 4.79 Å². The van der Waals surface area contributed by atoms with E-state index < -0.39 is 6.03 Å². The molecule has 0 spiro atoms. The van der Waals surface area contributed by atoms with Crippen molar-refractivity contribution in [1.29, 1.82) is 0 Å². The fourth-order valence-corrected chi connectivity index (χ4v) is 0.738. The summed E-state index contributed by atoms with van der Waals surface area (Å²) in [4.78, 5) is 21.2. The number of primary amides is 1. The van der Waals surface area contributed by atoms with Gasteiger partial charge in [0.05, 0.1) is 6.54 Å². The number of amides is 3. The molecular formula is C8H16N4O2. The number of urea groups is 1. The molecule has 0 saturated carbocycles. The lowest BCUT2D eigenvalue weighted by Crippen LogP contribution is -2.40. The Bertz CT molecular complexity index is 206. The van der Waals surface area contributed by atoms with Gasteiger partial charge in [-0.15, -0.1) is 6.58 Å². The number of hydrogen-bond donors (Lipinski definition) is 4. The fourth-order valence-electron chi connectivity index (χ4n) is 0.738. The number of carbonyl (C=O) groups excluding carboxylic acids is 2. The second kappa shape index (κ2) is 8.06. The monoisotopic (exact) mass is 200 g/mol. The summed E-state index contributed by atoms with van der Waals surface area (Å²) in [7, 11) is 0. The van der Waals surface area contributed by atoms with Crippen molar-refractivity contribution < 1.29 is 9.59 Å². The predicted molar refractivity (Wildman–Crippen MR) is 53.7 cm³/mol. The fraction of sp³-hybridized carbons (Fsp3) is 0.500. The van der Waals surface area contributed by atoms with Crippen molar-refractivity contribution in [3.05, 3.63) is 12.7 Å². The lowest BCUT2D eigenvalue weighted by Gasteiger charge is -2.05. The van der Waals surface area contributed by atoms with Gasteiger partial charge in [0, 0.05) is 19.6 Å². The minimum absolute atomic E-state index is 0.127. The molecule has 80 valence electrons. The smallest absolute Gasteiger partial charge is 0.312 e. The lowest BCUT2D eigenvalue weighted by molar-refractivity contribution is -0.120. The number of rotatable bonds is 7. The van der Waals surface area contributed by atoms with Crippen molar-refractivity contribution >= 4 is 11.9 Å². The predicted octanol–water partition coefficient (Wildman–Crippen LogP) is -1.45. The van der Waals surface area contributed by atoms with Gasteiger partial charge in [0.15, 0.2) is 0 Å². The Labute approximate surface area is 82.9 Å². The molecule has 0 aromatic carbocycles. The van der Waals surface area contributed by atoms with Crippen LogP contribution in [0.1, 0.15) is 0 Å². The van der Waals surface area contributed by atoms with Crippen LogP contribution in [0, 0.1) is 0 Å². The van der Waals surface area contributed by atoms with E-state index in [9.17, 15) is 9.59 Å². The van der Waals surface area contributed by atoms with Crippen molar-refractivity contribution in [2.45, 2.75) is 0 Å². The standard InChI is InChI=1S/C8H16N4O2/c1-2-3-10-6-7(13)11-4-5-12-8(9)14/h2,10H,1,3-6H2,(H,11,13)(H3,9,12,14). The molecule has 0 fully saturated rings. The largest absolute Gasteiger partial charge is 0.353 e. The summed E-state index contributed by atoms with van der Waals surface area (Å²) in [5.41, 5.74) is 4.82. The summed E-state index contributed by atoms with van der Waals surface area (Å²) in [6.45, 7) is 5.03. The number of nitrogens with one attached hydrogen (secondary N) is 3. The second-order valence-corrected chi connectivity index (χ2v) is 2.56. The summed E-state index contributed by atoms with van der Waals surface area (Å²) in [6, 6.07) is -0.593. The van der Waals surface area contributed by atoms with Crippen LogP contribution in [0.3, 0.4) is 0 Å². The highest BCUT2D eigenvalue weighted by Gasteiger charge is 1.98. The molecule has 0 rings (SSSR count). The van der Waals surface area contributed by atoms with Gasteiger partial charge in [-0.2, -0.15) is 0 Å². The zero-order chi connectivity index (χ0) is 10.8. The van der Waals surface area contributed by atoms with Crippen molar-refractivity contribution in [2.75, 3.05) is 26.2 Å². The first kappa shape index (κ1) is 12.4. The molecule has 0 heterocycles. The summed E-state index contributed by atoms with van der Waals surface area (Å²) in [5, 5.41) is 7.79. The van der Waals surface area contributed by atoms with E-state index in [4.69, 9.17) is 5.73 Å². The van der Waals surface area contributed by atoms with Gasteiger partial charge < -0.3 is 21.7 Å². The van der Waals surface area contributed by atoms with Crippen molar-refractivity contribution in [2.24, 2.45) is 5.73 Å². The minimum atomic E-state index is -0.593. The Hall–Kier alpha value is -1.56. The molecular weight excluding hydrogens is 184 g/mol. The second-order valence-electron chi connectivity index (χ2n) is 2.56. The Morgan fingerprint density at radius 2 is 1.93 bits per heavy atom. The average molecular weight is 200 g/mol. The maximum absolute atomic E-state index is 11.0. The van der Waals surface area contributed by atoms with Crippen LogP contribution in [0.4, 0.5) is 4.79 Å². The van der Waals surface area contributed by atoms with Crippen LogP contribution in [0.5, 0.6) is 0 Å². The molecule has 0 aliphatic rings. The van der Waals surface area contributed by atoms with E-state index in [-0.39, 0.29) is 12.5 Å². The maximum Gasteiger partial charge on any atom is 0.312 e.